The average molecular weight is 323 g/mol. The third kappa shape index (κ3) is 4.04. The highest BCUT2D eigenvalue weighted by Gasteiger charge is 2.04. The summed E-state index contributed by atoms with van der Waals surface area (Å²) in [4.78, 5) is 4.34. The van der Waals surface area contributed by atoms with E-state index < -0.39 is 0 Å². The SMILES string of the molecule is CCc1ccc(Nc2nncc(NCc3ccccc3F)n2)cc1. The van der Waals surface area contributed by atoms with Gasteiger partial charge >= 0.3 is 0 Å². The van der Waals surface area contributed by atoms with Crippen LogP contribution < -0.4 is 10.6 Å². The van der Waals surface area contributed by atoms with Gasteiger partial charge in [-0.1, -0.05) is 37.3 Å². The van der Waals surface area contributed by atoms with Crippen molar-refractivity contribution in [1.82, 2.24) is 15.2 Å². The van der Waals surface area contributed by atoms with Gasteiger partial charge in [-0.2, -0.15) is 10.1 Å². The highest BCUT2D eigenvalue weighted by atomic mass is 19.1. The van der Waals surface area contributed by atoms with Crippen molar-refractivity contribution >= 4 is 17.5 Å². The van der Waals surface area contributed by atoms with Crippen LogP contribution in [0.1, 0.15) is 18.1 Å². The Morgan fingerprint density at radius 2 is 1.83 bits per heavy atom. The zero-order valence-corrected chi connectivity index (χ0v) is 13.3. The third-order valence-electron chi connectivity index (χ3n) is 3.59. The van der Waals surface area contributed by atoms with Gasteiger partial charge in [0.05, 0.1) is 6.20 Å². The molecule has 0 aliphatic carbocycles. The molecule has 0 spiro atoms. The first-order valence-corrected chi connectivity index (χ1v) is 7.77. The maximum absolute atomic E-state index is 13.6. The van der Waals surface area contributed by atoms with Gasteiger partial charge in [0.1, 0.15) is 5.82 Å². The van der Waals surface area contributed by atoms with Crippen molar-refractivity contribution in [2.24, 2.45) is 0 Å². The van der Waals surface area contributed by atoms with Gasteiger partial charge in [0.15, 0.2) is 5.82 Å². The van der Waals surface area contributed by atoms with E-state index in [4.69, 9.17) is 0 Å². The first kappa shape index (κ1) is 15.9. The Balaban J connectivity index is 1.66. The summed E-state index contributed by atoms with van der Waals surface area (Å²) >= 11 is 0. The number of hydrogen-bond acceptors (Lipinski definition) is 5. The molecule has 2 aromatic carbocycles. The van der Waals surface area contributed by atoms with Crippen molar-refractivity contribution in [2.45, 2.75) is 19.9 Å². The summed E-state index contributed by atoms with van der Waals surface area (Å²) in [6.45, 7) is 2.44. The second kappa shape index (κ2) is 7.50. The summed E-state index contributed by atoms with van der Waals surface area (Å²) in [6.07, 6.45) is 2.50. The quantitative estimate of drug-likeness (QED) is 0.720. The van der Waals surface area contributed by atoms with Crippen molar-refractivity contribution in [3.63, 3.8) is 0 Å². The summed E-state index contributed by atoms with van der Waals surface area (Å²) in [6, 6.07) is 14.7. The molecular weight excluding hydrogens is 305 g/mol. The first-order valence-electron chi connectivity index (χ1n) is 7.77. The Morgan fingerprint density at radius 3 is 2.58 bits per heavy atom. The number of aromatic nitrogens is 3. The van der Waals surface area contributed by atoms with Crippen LogP contribution in [-0.2, 0) is 13.0 Å². The molecule has 3 aromatic rings. The molecule has 2 N–H and O–H groups in total. The molecule has 0 aliphatic rings. The standard InChI is InChI=1S/C18H18FN5/c1-2-13-7-9-15(10-8-13)22-18-23-17(12-21-24-18)20-11-14-5-3-4-6-16(14)19/h3-10,12H,2,11H2,1H3,(H2,20,22,23,24). The van der Waals surface area contributed by atoms with E-state index in [1.165, 1.54) is 17.8 Å². The summed E-state index contributed by atoms with van der Waals surface area (Å²) in [7, 11) is 0. The average Bonchev–Trinajstić information content (AvgIpc) is 2.62. The molecule has 0 fully saturated rings. The zero-order valence-electron chi connectivity index (χ0n) is 13.3. The van der Waals surface area contributed by atoms with Crippen LogP contribution in [0.15, 0.2) is 54.7 Å². The predicted octanol–water partition coefficient (Wildman–Crippen LogP) is 3.93. The highest BCUT2D eigenvalue weighted by Crippen LogP contribution is 2.15. The number of aryl methyl sites for hydroxylation is 1. The molecule has 5 nitrogen and oxygen atoms in total. The fourth-order valence-electron chi connectivity index (χ4n) is 2.22. The summed E-state index contributed by atoms with van der Waals surface area (Å²) in [5, 5.41) is 14.0. The van der Waals surface area contributed by atoms with Crippen LogP contribution in [-0.4, -0.2) is 15.2 Å². The molecule has 6 heteroatoms. The van der Waals surface area contributed by atoms with Crippen LogP contribution in [0.5, 0.6) is 0 Å². The zero-order chi connectivity index (χ0) is 16.8. The maximum atomic E-state index is 13.6. The fourth-order valence-corrected chi connectivity index (χ4v) is 2.22. The van der Waals surface area contributed by atoms with Crippen LogP contribution in [0.3, 0.4) is 0 Å². The Labute approximate surface area is 140 Å². The lowest BCUT2D eigenvalue weighted by atomic mass is 10.1. The number of nitrogens with one attached hydrogen (secondary N) is 2. The molecule has 3 rings (SSSR count). The molecule has 24 heavy (non-hydrogen) atoms. The minimum absolute atomic E-state index is 0.249. The molecule has 0 bridgehead atoms. The Morgan fingerprint density at radius 1 is 1.04 bits per heavy atom. The van der Waals surface area contributed by atoms with Crippen LogP contribution >= 0.6 is 0 Å². The maximum Gasteiger partial charge on any atom is 0.249 e. The molecule has 0 saturated heterocycles. The number of nitrogens with zero attached hydrogens (tertiary/aromatic N) is 3. The second-order valence-electron chi connectivity index (χ2n) is 5.29. The fraction of sp³-hybridized carbons (Fsp3) is 0.167. The van der Waals surface area contributed by atoms with Crippen molar-refractivity contribution in [2.75, 3.05) is 10.6 Å². The number of rotatable bonds is 6. The van der Waals surface area contributed by atoms with Crippen molar-refractivity contribution in [3.8, 4) is 0 Å². The van der Waals surface area contributed by atoms with Gasteiger partial charge in [0, 0.05) is 17.8 Å². The smallest absolute Gasteiger partial charge is 0.249 e. The van der Waals surface area contributed by atoms with E-state index in [1.807, 2.05) is 12.1 Å². The molecule has 0 saturated carbocycles. The van der Waals surface area contributed by atoms with Crippen LogP contribution in [0.2, 0.25) is 0 Å². The van der Waals surface area contributed by atoms with Gasteiger partial charge in [0.25, 0.3) is 0 Å². The summed E-state index contributed by atoms with van der Waals surface area (Å²) in [5.41, 5.74) is 2.72. The minimum atomic E-state index is -0.249. The van der Waals surface area contributed by atoms with E-state index in [0.717, 1.165) is 12.1 Å². The molecule has 0 unspecified atom stereocenters. The largest absolute Gasteiger partial charge is 0.364 e. The Kier molecular flexibility index (Phi) is 4.96. The summed E-state index contributed by atoms with van der Waals surface area (Å²) < 4.78 is 13.6. The van der Waals surface area contributed by atoms with Gasteiger partial charge in [0.2, 0.25) is 5.95 Å². The lowest BCUT2D eigenvalue weighted by molar-refractivity contribution is 0.613. The van der Waals surface area contributed by atoms with Gasteiger partial charge in [-0.15, -0.1) is 5.10 Å². The van der Waals surface area contributed by atoms with Crippen molar-refractivity contribution < 1.29 is 4.39 Å². The second-order valence-corrected chi connectivity index (χ2v) is 5.29. The van der Waals surface area contributed by atoms with Gasteiger partial charge in [-0.25, -0.2) is 4.39 Å². The van der Waals surface area contributed by atoms with Gasteiger partial charge in [-0.3, -0.25) is 0 Å². The molecule has 122 valence electrons. The minimum Gasteiger partial charge on any atom is -0.364 e. The van der Waals surface area contributed by atoms with Crippen molar-refractivity contribution in [3.05, 3.63) is 71.7 Å². The third-order valence-corrected chi connectivity index (χ3v) is 3.59. The van der Waals surface area contributed by atoms with Crippen LogP contribution in [0.4, 0.5) is 21.8 Å². The Hall–Kier alpha value is -3.02. The van der Waals surface area contributed by atoms with Crippen LogP contribution in [0, 0.1) is 5.82 Å². The van der Waals surface area contributed by atoms with Gasteiger partial charge in [-0.05, 0) is 30.2 Å². The Bertz CT molecular complexity index is 805. The number of benzene rings is 2. The molecule has 0 radical (unpaired) electrons. The van der Waals surface area contributed by atoms with E-state index in [1.54, 1.807) is 18.2 Å². The van der Waals surface area contributed by atoms with E-state index in [0.29, 0.717) is 23.9 Å². The number of halogens is 1. The normalized spacial score (nSPS) is 10.4. The van der Waals surface area contributed by atoms with Crippen molar-refractivity contribution in [1.29, 1.82) is 0 Å². The molecule has 1 heterocycles. The molecular formula is C18H18FN5. The topological polar surface area (TPSA) is 62.7 Å². The van der Waals surface area contributed by atoms with E-state index in [2.05, 4.69) is 44.9 Å². The van der Waals surface area contributed by atoms with Crippen LogP contribution in [0.25, 0.3) is 0 Å². The number of hydrogen-bond donors (Lipinski definition) is 2. The highest BCUT2D eigenvalue weighted by molar-refractivity contribution is 5.54. The van der Waals surface area contributed by atoms with E-state index in [9.17, 15) is 4.39 Å². The lowest BCUT2D eigenvalue weighted by Gasteiger charge is -2.08. The first-order chi connectivity index (χ1) is 11.7. The summed E-state index contributed by atoms with van der Waals surface area (Å²) in [5.74, 6) is 0.667. The lowest BCUT2D eigenvalue weighted by Crippen LogP contribution is -2.06. The predicted molar refractivity (Wildman–Crippen MR) is 92.7 cm³/mol. The molecule has 0 atom stereocenters. The van der Waals surface area contributed by atoms with E-state index in [-0.39, 0.29) is 5.82 Å². The van der Waals surface area contributed by atoms with Gasteiger partial charge < -0.3 is 10.6 Å². The molecule has 1 aromatic heterocycles. The molecule has 0 aliphatic heterocycles. The van der Waals surface area contributed by atoms with E-state index >= 15 is 0 Å². The molecule has 0 amide bonds. The number of anilines is 3. The monoisotopic (exact) mass is 323 g/mol.